The lowest BCUT2D eigenvalue weighted by Gasteiger charge is -2.32. The molecule has 1 heterocycles. The number of alkyl halides is 3. The van der Waals surface area contributed by atoms with Crippen molar-refractivity contribution < 1.29 is 31.9 Å². The number of thioether (sulfide) groups is 1. The second-order valence-electron chi connectivity index (χ2n) is 9.18. The lowest BCUT2D eigenvalue weighted by Crippen LogP contribution is -2.51. The first-order valence-corrected chi connectivity index (χ1v) is 11.7. The highest BCUT2D eigenvalue weighted by molar-refractivity contribution is 8.15. The van der Waals surface area contributed by atoms with Crippen molar-refractivity contribution in [2.45, 2.75) is 50.6 Å². The summed E-state index contributed by atoms with van der Waals surface area (Å²) < 4.78 is 54.7. The minimum atomic E-state index is -4.55. The number of hydrogen-bond donors (Lipinski definition) is 3. The summed E-state index contributed by atoms with van der Waals surface area (Å²) in [5.41, 5.74) is 5.43. The Kier molecular flexibility index (Phi) is 9.47. The van der Waals surface area contributed by atoms with E-state index in [0.29, 0.717) is 0 Å². The molecule has 1 aromatic heterocycles. The maximum absolute atomic E-state index is 14.8. The molecule has 202 valence electrons. The van der Waals surface area contributed by atoms with Crippen molar-refractivity contribution in [1.82, 2.24) is 15.3 Å². The number of ether oxygens (including phenoxy) is 1. The van der Waals surface area contributed by atoms with Crippen LogP contribution in [0.25, 0.3) is 0 Å². The number of halogens is 4. The summed E-state index contributed by atoms with van der Waals surface area (Å²) in [5.74, 6) is -2.13. The molecule has 37 heavy (non-hydrogen) atoms. The smallest absolute Gasteiger partial charge is 0.422 e. The Hall–Kier alpha value is -3.42. The monoisotopic (exact) mass is 544 g/mol. The number of nitrogens with zero attached hydrogens (tertiary/aromatic N) is 3. The minimum absolute atomic E-state index is 0.0869. The van der Waals surface area contributed by atoms with E-state index in [1.54, 1.807) is 6.92 Å². The first-order valence-electron chi connectivity index (χ1n) is 10.9. The van der Waals surface area contributed by atoms with Gasteiger partial charge in [-0.15, -0.1) is 0 Å². The molecular weight excluding hydrogens is 516 g/mol. The van der Waals surface area contributed by atoms with Crippen LogP contribution in [-0.4, -0.2) is 57.1 Å². The van der Waals surface area contributed by atoms with Crippen molar-refractivity contribution in [3.63, 3.8) is 0 Å². The van der Waals surface area contributed by atoms with Crippen LogP contribution in [0.2, 0.25) is 0 Å². The minimum Gasteiger partial charge on any atom is -0.467 e. The molecule has 2 amide bonds. The number of hydrogen-bond acceptors (Lipinski definition) is 7. The summed E-state index contributed by atoms with van der Waals surface area (Å²) in [6, 6.07) is 3.81. The molecule has 0 spiro atoms. The number of amidine groups is 1. The van der Waals surface area contributed by atoms with E-state index >= 15 is 0 Å². The summed E-state index contributed by atoms with van der Waals surface area (Å²) in [6.07, 6.45) is -2.80. The molecule has 0 aliphatic heterocycles. The highest BCUT2D eigenvalue weighted by atomic mass is 32.2. The lowest BCUT2D eigenvalue weighted by molar-refractivity contribution is -0.154. The van der Waals surface area contributed by atoms with Gasteiger partial charge >= 0.3 is 6.18 Å². The van der Waals surface area contributed by atoms with Gasteiger partial charge in [0, 0.05) is 18.3 Å². The molecule has 4 N–H and O–H groups in total. The van der Waals surface area contributed by atoms with Gasteiger partial charge in [0.1, 0.15) is 16.3 Å². The molecule has 0 fully saturated rings. The van der Waals surface area contributed by atoms with Crippen LogP contribution in [0, 0.1) is 5.82 Å². The number of rotatable bonds is 8. The quantitative estimate of drug-likeness (QED) is 0.262. The van der Waals surface area contributed by atoms with E-state index in [4.69, 9.17) is 5.73 Å². The third-order valence-electron chi connectivity index (χ3n) is 4.59. The van der Waals surface area contributed by atoms with Crippen LogP contribution in [0.5, 0.6) is 5.88 Å². The SMILES string of the molecule is C/N=C(/N)S[C@](C)(Cc1cc(NC(=O)c2cnc(OCC(F)(F)F)cn2)ccc1F)C(=O)NC(C)(C)C. The highest BCUT2D eigenvalue weighted by Gasteiger charge is 2.38. The average Bonchev–Trinajstić information content (AvgIpc) is 2.78. The van der Waals surface area contributed by atoms with Crippen LogP contribution in [0.1, 0.15) is 43.7 Å². The number of nitrogens with two attached hydrogens (primary N) is 1. The van der Waals surface area contributed by atoms with Gasteiger partial charge in [0.15, 0.2) is 11.8 Å². The van der Waals surface area contributed by atoms with Crippen molar-refractivity contribution in [1.29, 1.82) is 0 Å². The Morgan fingerprint density at radius 2 is 1.81 bits per heavy atom. The molecule has 0 aliphatic rings. The molecule has 9 nitrogen and oxygen atoms in total. The number of anilines is 1. The van der Waals surface area contributed by atoms with Crippen LogP contribution in [-0.2, 0) is 11.2 Å². The fourth-order valence-electron chi connectivity index (χ4n) is 2.92. The van der Waals surface area contributed by atoms with Crippen LogP contribution in [0.15, 0.2) is 35.6 Å². The largest absolute Gasteiger partial charge is 0.467 e. The van der Waals surface area contributed by atoms with Crippen LogP contribution >= 0.6 is 11.8 Å². The van der Waals surface area contributed by atoms with Crippen LogP contribution < -0.4 is 21.1 Å². The molecule has 0 radical (unpaired) electrons. The zero-order valence-electron chi connectivity index (χ0n) is 20.9. The van der Waals surface area contributed by atoms with E-state index in [2.05, 4.69) is 30.3 Å². The van der Waals surface area contributed by atoms with Crippen molar-refractivity contribution >= 4 is 34.4 Å². The van der Waals surface area contributed by atoms with E-state index in [9.17, 15) is 27.2 Å². The fraction of sp³-hybridized carbons (Fsp3) is 0.435. The van der Waals surface area contributed by atoms with Gasteiger partial charge in [-0.2, -0.15) is 13.2 Å². The third kappa shape index (κ3) is 9.52. The molecule has 1 aromatic carbocycles. The second kappa shape index (κ2) is 11.8. The standard InChI is InChI=1S/C23H28F4N6O3S/c1-21(2,3)33-19(35)22(4,37-20(28)29-5)9-13-8-14(6-7-15(13)24)32-18(34)16-10-31-17(11-30-16)36-12-23(25,26)27/h6-8,10-11H,9,12H2,1-5H3,(H2,28,29)(H,32,34)(H,33,35)/t22-/m1/s1. The highest BCUT2D eigenvalue weighted by Crippen LogP contribution is 2.32. The van der Waals surface area contributed by atoms with Crippen molar-refractivity contribution in [3.05, 3.63) is 47.7 Å². The van der Waals surface area contributed by atoms with Crippen LogP contribution in [0.4, 0.5) is 23.2 Å². The molecule has 2 rings (SSSR count). The first kappa shape index (κ1) is 29.8. The van der Waals surface area contributed by atoms with Crippen molar-refractivity contribution in [2.75, 3.05) is 19.0 Å². The summed E-state index contributed by atoms with van der Waals surface area (Å²) in [7, 11) is 1.47. The number of carbonyl (C=O) groups is 2. The molecule has 0 aliphatic carbocycles. The Morgan fingerprint density at radius 1 is 1.14 bits per heavy atom. The van der Waals surface area contributed by atoms with Crippen LogP contribution in [0.3, 0.4) is 0 Å². The lowest BCUT2D eigenvalue weighted by atomic mass is 9.96. The van der Waals surface area contributed by atoms with Gasteiger partial charge in [-0.3, -0.25) is 14.6 Å². The van der Waals surface area contributed by atoms with Gasteiger partial charge in [-0.1, -0.05) is 11.8 Å². The summed E-state index contributed by atoms with van der Waals surface area (Å²) in [6.45, 7) is 5.48. The Morgan fingerprint density at radius 3 is 2.35 bits per heavy atom. The number of benzene rings is 1. The molecule has 0 bridgehead atoms. The summed E-state index contributed by atoms with van der Waals surface area (Å²) in [5, 5.41) is 5.53. The van der Waals surface area contributed by atoms with Crippen molar-refractivity contribution in [3.8, 4) is 5.88 Å². The fourth-order valence-corrected chi connectivity index (χ4v) is 3.85. The van der Waals surface area contributed by atoms with Crippen molar-refractivity contribution in [2.24, 2.45) is 10.7 Å². The number of amides is 2. The van der Waals surface area contributed by atoms with Gasteiger partial charge in [-0.25, -0.2) is 14.4 Å². The summed E-state index contributed by atoms with van der Waals surface area (Å²) in [4.78, 5) is 36.9. The summed E-state index contributed by atoms with van der Waals surface area (Å²) >= 11 is 0.984. The van der Waals surface area contributed by atoms with E-state index in [-0.39, 0.29) is 34.4 Å². The normalized spacial score (nSPS) is 14.0. The van der Waals surface area contributed by atoms with E-state index in [1.165, 1.54) is 19.2 Å². The van der Waals surface area contributed by atoms with E-state index < -0.39 is 40.7 Å². The van der Waals surface area contributed by atoms with Gasteiger partial charge in [0.25, 0.3) is 5.91 Å². The molecule has 0 saturated heterocycles. The topological polar surface area (TPSA) is 132 Å². The Bertz CT molecular complexity index is 1150. The van der Waals surface area contributed by atoms with Gasteiger partial charge in [0.2, 0.25) is 11.8 Å². The molecule has 0 saturated carbocycles. The molecule has 2 aromatic rings. The zero-order chi connectivity index (χ0) is 28.0. The average molecular weight is 545 g/mol. The van der Waals surface area contributed by atoms with Gasteiger partial charge < -0.3 is 21.1 Å². The van der Waals surface area contributed by atoms with Gasteiger partial charge in [-0.05, 0) is 57.9 Å². The predicted octanol–water partition coefficient (Wildman–Crippen LogP) is 3.70. The zero-order valence-corrected chi connectivity index (χ0v) is 21.7. The second-order valence-corrected chi connectivity index (χ2v) is 10.7. The maximum Gasteiger partial charge on any atom is 0.422 e. The number of nitrogens with one attached hydrogen (secondary N) is 2. The Balaban J connectivity index is 2.22. The molecule has 0 unspecified atom stereocenters. The van der Waals surface area contributed by atoms with Gasteiger partial charge in [0.05, 0.1) is 12.4 Å². The molecular formula is C23H28F4N6O3S. The maximum atomic E-state index is 14.8. The molecule has 1 atom stereocenters. The first-order chi connectivity index (χ1) is 17.0. The number of aromatic nitrogens is 2. The number of carbonyl (C=O) groups excluding carboxylic acids is 2. The third-order valence-corrected chi connectivity index (χ3v) is 5.77. The number of aliphatic imine (C=N–C) groups is 1. The Labute approximate surface area is 215 Å². The predicted molar refractivity (Wildman–Crippen MR) is 133 cm³/mol. The van der Waals surface area contributed by atoms with E-state index in [1.807, 2.05) is 20.8 Å². The van der Waals surface area contributed by atoms with E-state index in [0.717, 1.165) is 30.2 Å². The molecule has 14 heteroatoms.